The molecule has 2 aromatic carbocycles. The van der Waals surface area contributed by atoms with Crippen LogP contribution in [-0.4, -0.2) is 30.5 Å². The zero-order valence-electron chi connectivity index (χ0n) is 16.1. The van der Waals surface area contributed by atoms with Crippen LogP contribution in [0, 0.1) is 0 Å². The van der Waals surface area contributed by atoms with Gasteiger partial charge in [0.25, 0.3) is 5.91 Å². The number of benzene rings is 2. The van der Waals surface area contributed by atoms with Crippen molar-refractivity contribution in [2.75, 3.05) is 19.0 Å². The summed E-state index contributed by atoms with van der Waals surface area (Å²) in [6.45, 7) is 0.522. The maximum atomic E-state index is 12.3. The highest BCUT2D eigenvalue weighted by atomic mass is 35.5. The molecule has 0 unspecified atom stereocenters. The Morgan fingerprint density at radius 3 is 2.47 bits per heavy atom. The number of ether oxygens (including phenoxy) is 1. The minimum atomic E-state index is -0.371. The second kappa shape index (κ2) is 10.4. The van der Waals surface area contributed by atoms with Crippen molar-refractivity contribution in [2.45, 2.75) is 12.8 Å². The molecule has 3 rings (SSSR count). The highest BCUT2D eigenvalue weighted by Gasteiger charge is 2.12. The van der Waals surface area contributed by atoms with E-state index in [0.717, 1.165) is 17.7 Å². The molecule has 0 aliphatic heterocycles. The van der Waals surface area contributed by atoms with Crippen molar-refractivity contribution in [2.24, 2.45) is 0 Å². The Morgan fingerprint density at radius 2 is 1.80 bits per heavy atom. The number of carbonyl (C=O) groups is 2. The van der Waals surface area contributed by atoms with E-state index < -0.39 is 0 Å². The van der Waals surface area contributed by atoms with E-state index in [9.17, 15) is 9.59 Å². The Balaban J connectivity index is 1.47. The number of nitrogens with one attached hydrogen (secondary N) is 2. The van der Waals surface area contributed by atoms with Crippen LogP contribution < -0.4 is 15.4 Å². The van der Waals surface area contributed by atoms with Crippen LogP contribution in [-0.2, 0) is 17.6 Å². The van der Waals surface area contributed by atoms with E-state index in [0.29, 0.717) is 33.0 Å². The number of methoxy groups -OCH3 is 1. The van der Waals surface area contributed by atoms with E-state index in [4.69, 9.17) is 27.9 Å². The zero-order chi connectivity index (χ0) is 21.5. The number of hydrogen-bond acceptors (Lipinski definition) is 5. The van der Waals surface area contributed by atoms with Gasteiger partial charge in [-0.05, 0) is 42.3 Å². The molecular weight excluding hydrogens is 445 g/mol. The third kappa shape index (κ3) is 6.45. The van der Waals surface area contributed by atoms with Crippen LogP contribution in [0.5, 0.6) is 5.75 Å². The number of hydrogen-bond donors (Lipinski definition) is 2. The predicted octanol–water partition coefficient (Wildman–Crippen LogP) is 4.61. The Kier molecular flexibility index (Phi) is 7.68. The first-order chi connectivity index (χ1) is 14.4. The number of rotatable bonds is 8. The molecule has 1 aromatic heterocycles. The van der Waals surface area contributed by atoms with Gasteiger partial charge in [0.1, 0.15) is 5.75 Å². The third-order valence-electron chi connectivity index (χ3n) is 4.13. The Labute approximate surface area is 188 Å². The summed E-state index contributed by atoms with van der Waals surface area (Å²) in [4.78, 5) is 28.8. The summed E-state index contributed by atoms with van der Waals surface area (Å²) in [5.41, 5.74) is 2.03. The molecule has 0 saturated carbocycles. The molecule has 2 amide bonds. The van der Waals surface area contributed by atoms with Crippen LogP contribution in [0.4, 0.5) is 5.13 Å². The van der Waals surface area contributed by atoms with Crippen LogP contribution in [0.1, 0.15) is 21.6 Å². The Morgan fingerprint density at radius 1 is 1.10 bits per heavy atom. The van der Waals surface area contributed by atoms with Crippen molar-refractivity contribution in [3.8, 4) is 5.75 Å². The molecule has 0 aliphatic carbocycles. The summed E-state index contributed by atoms with van der Waals surface area (Å²) in [6.07, 6.45) is 0.855. The smallest absolute Gasteiger partial charge is 0.257 e. The van der Waals surface area contributed by atoms with Gasteiger partial charge < -0.3 is 10.1 Å². The van der Waals surface area contributed by atoms with Gasteiger partial charge in [-0.25, -0.2) is 4.98 Å². The van der Waals surface area contributed by atoms with Crippen LogP contribution in [0.15, 0.2) is 47.8 Å². The molecule has 9 heteroatoms. The molecule has 0 fully saturated rings. The van der Waals surface area contributed by atoms with Crippen molar-refractivity contribution in [1.82, 2.24) is 10.3 Å². The van der Waals surface area contributed by atoms with Crippen LogP contribution in [0.3, 0.4) is 0 Å². The molecule has 0 spiro atoms. The second-order valence-corrected chi connectivity index (χ2v) is 8.11. The first-order valence-electron chi connectivity index (χ1n) is 9.04. The second-order valence-electron chi connectivity index (χ2n) is 6.38. The number of halogens is 2. The molecule has 30 heavy (non-hydrogen) atoms. The molecule has 156 valence electrons. The number of aromatic nitrogens is 1. The SMILES string of the molecule is COc1ccc(CCNC(=O)Cc2csc(NC(=O)c3cc(Cl)cc(Cl)c3)n2)cc1. The topological polar surface area (TPSA) is 80.3 Å². The molecule has 1 heterocycles. The zero-order valence-corrected chi connectivity index (χ0v) is 18.4. The quantitative estimate of drug-likeness (QED) is 0.510. The summed E-state index contributed by atoms with van der Waals surface area (Å²) in [6, 6.07) is 12.3. The standard InChI is InChI=1S/C21H19Cl2N3O3S/c1-29-18-4-2-13(3-5-18)6-7-24-19(27)11-17-12-30-21(25-17)26-20(28)14-8-15(22)10-16(23)9-14/h2-5,8-10,12H,6-7,11H2,1H3,(H,24,27)(H,25,26,28). The fourth-order valence-electron chi connectivity index (χ4n) is 2.67. The lowest BCUT2D eigenvalue weighted by molar-refractivity contribution is -0.120. The van der Waals surface area contributed by atoms with Crippen LogP contribution in [0.2, 0.25) is 10.0 Å². The average molecular weight is 464 g/mol. The number of thiazole rings is 1. The van der Waals surface area contributed by atoms with Gasteiger partial charge >= 0.3 is 0 Å². The van der Waals surface area contributed by atoms with Gasteiger partial charge in [0, 0.05) is 27.5 Å². The molecule has 0 aliphatic rings. The van der Waals surface area contributed by atoms with E-state index in [-0.39, 0.29) is 18.2 Å². The van der Waals surface area contributed by atoms with Crippen molar-refractivity contribution in [3.05, 3.63) is 74.7 Å². The fourth-order valence-corrected chi connectivity index (χ4v) is 3.90. The van der Waals surface area contributed by atoms with Gasteiger partial charge in [-0.3, -0.25) is 14.9 Å². The summed E-state index contributed by atoms with van der Waals surface area (Å²) in [5.74, 6) is 0.297. The highest BCUT2D eigenvalue weighted by molar-refractivity contribution is 7.14. The summed E-state index contributed by atoms with van der Waals surface area (Å²) in [5, 5.41) is 8.45. The number of carbonyl (C=O) groups excluding carboxylic acids is 2. The highest BCUT2D eigenvalue weighted by Crippen LogP contribution is 2.21. The molecule has 0 bridgehead atoms. The minimum absolute atomic E-state index is 0.131. The predicted molar refractivity (Wildman–Crippen MR) is 120 cm³/mol. The largest absolute Gasteiger partial charge is 0.497 e. The van der Waals surface area contributed by atoms with Crippen LogP contribution in [0.25, 0.3) is 0 Å². The maximum Gasteiger partial charge on any atom is 0.257 e. The van der Waals surface area contributed by atoms with Gasteiger partial charge in [0.2, 0.25) is 5.91 Å². The van der Waals surface area contributed by atoms with E-state index >= 15 is 0 Å². The summed E-state index contributed by atoms with van der Waals surface area (Å²) >= 11 is 13.1. The monoisotopic (exact) mass is 463 g/mol. The lowest BCUT2D eigenvalue weighted by atomic mass is 10.1. The molecular formula is C21H19Cl2N3O3S. The van der Waals surface area contributed by atoms with Crippen molar-refractivity contribution in [1.29, 1.82) is 0 Å². The van der Waals surface area contributed by atoms with E-state index in [1.54, 1.807) is 18.6 Å². The van der Waals surface area contributed by atoms with E-state index in [1.807, 2.05) is 24.3 Å². The molecule has 3 aromatic rings. The van der Waals surface area contributed by atoms with Crippen molar-refractivity contribution >= 4 is 51.5 Å². The number of nitrogens with zero attached hydrogens (tertiary/aromatic N) is 1. The maximum absolute atomic E-state index is 12.3. The molecule has 2 N–H and O–H groups in total. The normalized spacial score (nSPS) is 10.5. The molecule has 0 saturated heterocycles. The number of anilines is 1. The summed E-state index contributed by atoms with van der Waals surface area (Å²) < 4.78 is 5.13. The molecule has 0 radical (unpaired) electrons. The van der Waals surface area contributed by atoms with Gasteiger partial charge in [0.05, 0.1) is 19.2 Å². The lowest BCUT2D eigenvalue weighted by Gasteiger charge is -2.05. The Bertz CT molecular complexity index is 1020. The summed E-state index contributed by atoms with van der Waals surface area (Å²) in [7, 11) is 1.62. The van der Waals surface area contributed by atoms with Gasteiger partial charge in [0.15, 0.2) is 5.13 Å². The minimum Gasteiger partial charge on any atom is -0.497 e. The first-order valence-corrected chi connectivity index (χ1v) is 10.7. The van der Waals surface area contributed by atoms with Crippen molar-refractivity contribution in [3.63, 3.8) is 0 Å². The van der Waals surface area contributed by atoms with Gasteiger partial charge in [-0.2, -0.15) is 0 Å². The van der Waals surface area contributed by atoms with E-state index in [1.165, 1.54) is 23.5 Å². The average Bonchev–Trinajstić information content (AvgIpc) is 3.14. The van der Waals surface area contributed by atoms with Gasteiger partial charge in [-0.15, -0.1) is 11.3 Å². The Hall–Kier alpha value is -2.61. The van der Waals surface area contributed by atoms with E-state index in [2.05, 4.69) is 15.6 Å². The van der Waals surface area contributed by atoms with Crippen LogP contribution >= 0.6 is 34.5 Å². The first kappa shape index (κ1) is 22.1. The lowest BCUT2D eigenvalue weighted by Crippen LogP contribution is -2.27. The third-order valence-corrected chi connectivity index (χ3v) is 5.38. The fraction of sp³-hybridized carbons (Fsp3) is 0.190. The van der Waals surface area contributed by atoms with Gasteiger partial charge in [-0.1, -0.05) is 35.3 Å². The number of amides is 2. The molecule has 6 nitrogen and oxygen atoms in total. The van der Waals surface area contributed by atoms with Crippen molar-refractivity contribution < 1.29 is 14.3 Å². The molecule has 0 atom stereocenters.